The summed E-state index contributed by atoms with van der Waals surface area (Å²) < 4.78 is 12.8. The smallest absolute Gasteiger partial charge is 0.276 e. The second kappa shape index (κ2) is 9.04. The summed E-state index contributed by atoms with van der Waals surface area (Å²) >= 11 is 0. The first-order valence-electron chi connectivity index (χ1n) is 12.0. The van der Waals surface area contributed by atoms with Crippen molar-refractivity contribution in [3.05, 3.63) is 119 Å². The molecule has 0 aromatic heterocycles. The van der Waals surface area contributed by atoms with Crippen LogP contribution in [0.25, 0.3) is 0 Å². The average molecular weight is 509 g/mol. The number of carbonyl (C=O) groups is 2. The lowest BCUT2D eigenvalue weighted by molar-refractivity contribution is 0.0979. The van der Waals surface area contributed by atoms with Crippen molar-refractivity contribution in [3.8, 4) is 11.5 Å². The molecule has 0 unspecified atom stereocenters. The molecule has 4 nitrogen and oxygen atoms in total. The molecule has 0 bridgehead atoms. The number of carbonyl (C=O) groups excluding carboxylic acids is 2. The maximum Gasteiger partial charge on any atom is 0.276 e. The Morgan fingerprint density at radius 2 is 0.833 bits per heavy atom. The molecule has 180 valence electrons. The van der Waals surface area contributed by atoms with Crippen LogP contribution in [0.5, 0.6) is 11.5 Å². The minimum Gasteiger partial charge on any atom is -0.540 e. The zero-order valence-electron chi connectivity index (χ0n) is 20.9. The van der Waals surface area contributed by atoms with E-state index in [0.29, 0.717) is 33.8 Å². The van der Waals surface area contributed by atoms with E-state index in [9.17, 15) is 9.59 Å². The number of hydrogen-bond acceptors (Lipinski definition) is 4. The summed E-state index contributed by atoms with van der Waals surface area (Å²) in [5.74, 6) is 0.870. The van der Waals surface area contributed by atoms with Crippen LogP contribution in [0, 0.1) is 0 Å². The Morgan fingerprint density at radius 1 is 0.472 bits per heavy atom. The standard InChI is InChI=1S/C30H28O4Si2/c1-35(2,23-11-7-5-8-12-23)33-21-15-17-25-27(19-21)29(31)26-18-16-22(20-28(26)30(25)32)34-36(3,4)24-13-9-6-10-14-24/h5-20H,1-4H3. The normalized spacial score (nSPS) is 13.1. The monoisotopic (exact) mass is 508 g/mol. The van der Waals surface area contributed by atoms with Crippen molar-refractivity contribution in [2.75, 3.05) is 0 Å². The van der Waals surface area contributed by atoms with E-state index in [2.05, 4.69) is 50.5 Å². The molecular weight excluding hydrogens is 480 g/mol. The molecule has 0 heterocycles. The number of hydrogen-bond donors (Lipinski definition) is 0. The molecule has 0 amide bonds. The van der Waals surface area contributed by atoms with E-state index >= 15 is 0 Å². The first-order chi connectivity index (χ1) is 17.2. The molecule has 0 atom stereocenters. The van der Waals surface area contributed by atoms with E-state index in [-0.39, 0.29) is 11.6 Å². The minimum atomic E-state index is -2.24. The summed E-state index contributed by atoms with van der Waals surface area (Å²) in [6.45, 7) is 8.47. The third-order valence-electron chi connectivity index (χ3n) is 6.64. The van der Waals surface area contributed by atoms with E-state index < -0.39 is 16.6 Å². The largest absolute Gasteiger partial charge is 0.540 e. The Labute approximate surface area is 213 Å². The molecule has 0 fully saturated rings. The lowest BCUT2D eigenvalue weighted by atomic mass is 9.84. The summed E-state index contributed by atoms with van der Waals surface area (Å²) in [7, 11) is -4.49. The van der Waals surface area contributed by atoms with Gasteiger partial charge in [0.15, 0.2) is 11.6 Å². The van der Waals surface area contributed by atoms with E-state index in [1.165, 1.54) is 0 Å². The summed E-state index contributed by atoms with van der Waals surface area (Å²) in [5.41, 5.74) is 1.57. The lowest BCUT2D eigenvalue weighted by Crippen LogP contribution is -2.47. The van der Waals surface area contributed by atoms with E-state index in [4.69, 9.17) is 8.85 Å². The van der Waals surface area contributed by atoms with Crippen LogP contribution >= 0.6 is 0 Å². The fraction of sp³-hybridized carbons (Fsp3) is 0.133. The molecule has 0 N–H and O–H groups in total. The van der Waals surface area contributed by atoms with Gasteiger partial charge >= 0.3 is 0 Å². The maximum atomic E-state index is 13.4. The highest BCUT2D eigenvalue weighted by atomic mass is 28.4. The highest BCUT2D eigenvalue weighted by Crippen LogP contribution is 2.33. The van der Waals surface area contributed by atoms with Gasteiger partial charge in [-0.2, -0.15) is 0 Å². The third-order valence-corrected chi connectivity index (χ3v) is 11.6. The molecule has 6 heteroatoms. The Morgan fingerprint density at radius 3 is 1.19 bits per heavy atom. The van der Waals surface area contributed by atoms with Crippen molar-refractivity contribution >= 4 is 38.6 Å². The molecule has 0 radical (unpaired) electrons. The molecule has 1 aliphatic rings. The second-order valence-electron chi connectivity index (χ2n) is 10.0. The van der Waals surface area contributed by atoms with Crippen LogP contribution in [0.2, 0.25) is 26.2 Å². The molecule has 0 saturated heterocycles. The van der Waals surface area contributed by atoms with Gasteiger partial charge in [0.05, 0.1) is 0 Å². The number of fused-ring (bicyclic) bond motifs is 2. The van der Waals surface area contributed by atoms with Crippen molar-refractivity contribution in [1.82, 2.24) is 0 Å². The Balaban J connectivity index is 1.43. The van der Waals surface area contributed by atoms with Crippen LogP contribution in [-0.4, -0.2) is 28.2 Å². The molecule has 4 aromatic carbocycles. The highest BCUT2D eigenvalue weighted by Gasteiger charge is 2.33. The molecule has 0 aliphatic heterocycles. The Bertz CT molecular complexity index is 1350. The van der Waals surface area contributed by atoms with Gasteiger partial charge in [-0.05, 0) is 73.0 Å². The topological polar surface area (TPSA) is 52.6 Å². The molecule has 1 aliphatic carbocycles. The van der Waals surface area contributed by atoms with E-state index in [1.54, 1.807) is 36.4 Å². The summed E-state index contributed by atoms with van der Waals surface area (Å²) in [4.78, 5) is 26.9. The van der Waals surface area contributed by atoms with Crippen molar-refractivity contribution in [2.45, 2.75) is 26.2 Å². The molecular formula is C30H28O4Si2. The van der Waals surface area contributed by atoms with Gasteiger partial charge in [-0.15, -0.1) is 0 Å². The average Bonchev–Trinajstić information content (AvgIpc) is 2.88. The van der Waals surface area contributed by atoms with Gasteiger partial charge in [0.25, 0.3) is 16.6 Å². The van der Waals surface area contributed by atoms with Crippen LogP contribution in [-0.2, 0) is 0 Å². The molecule has 0 saturated carbocycles. The van der Waals surface area contributed by atoms with Gasteiger partial charge in [0, 0.05) is 22.3 Å². The van der Waals surface area contributed by atoms with Crippen molar-refractivity contribution in [2.24, 2.45) is 0 Å². The van der Waals surface area contributed by atoms with Crippen molar-refractivity contribution in [3.63, 3.8) is 0 Å². The van der Waals surface area contributed by atoms with Gasteiger partial charge < -0.3 is 8.85 Å². The maximum absolute atomic E-state index is 13.4. The lowest BCUT2D eigenvalue weighted by Gasteiger charge is -2.27. The quantitative estimate of drug-likeness (QED) is 0.287. The first-order valence-corrected chi connectivity index (χ1v) is 17.8. The summed E-state index contributed by atoms with van der Waals surface area (Å²) in [6, 6.07) is 30.7. The van der Waals surface area contributed by atoms with E-state index in [1.807, 2.05) is 36.4 Å². The first kappa shape index (κ1) is 24.0. The SMILES string of the molecule is C[Si](C)(Oc1ccc2c(c1)C(=O)c1ccc(O[Si](C)(C)c3ccccc3)cc1C2=O)c1ccccc1. The number of rotatable bonds is 6. The Hall–Kier alpha value is -3.75. The number of ketones is 2. The second-order valence-corrected chi connectivity index (χ2v) is 17.6. The third kappa shape index (κ3) is 4.45. The zero-order valence-corrected chi connectivity index (χ0v) is 22.9. The van der Waals surface area contributed by atoms with Gasteiger partial charge in [-0.3, -0.25) is 9.59 Å². The predicted molar refractivity (Wildman–Crippen MR) is 148 cm³/mol. The fourth-order valence-corrected chi connectivity index (χ4v) is 8.28. The summed E-state index contributed by atoms with van der Waals surface area (Å²) in [5, 5.41) is 2.31. The molecule has 0 spiro atoms. The fourth-order valence-electron chi connectivity index (χ4n) is 4.62. The van der Waals surface area contributed by atoms with Crippen molar-refractivity contribution in [1.29, 1.82) is 0 Å². The van der Waals surface area contributed by atoms with Crippen LogP contribution in [0.3, 0.4) is 0 Å². The molecule has 4 aromatic rings. The number of benzene rings is 4. The summed E-state index contributed by atoms with van der Waals surface area (Å²) in [6.07, 6.45) is 0. The van der Waals surface area contributed by atoms with Crippen LogP contribution in [0.1, 0.15) is 31.8 Å². The van der Waals surface area contributed by atoms with Crippen LogP contribution < -0.4 is 19.2 Å². The minimum absolute atomic E-state index is 0.171. The van der Waals surface area contributed by atoms with Gasteiger partial charge in [-0.1, -0.05) is 60.7 Å². The highest BCUT2D eigenvalue weighted by molar-refractivity contribution is 6.85. The van der Waals surface area contributed by atoms with Crippen LogP contribution in [0.15, 0.2) is 97.1 Å². The Kier molecular flexibility index (Phi) is 6.02. The van der Waals surface area contributed by atoms with Gasteiger partial charge in [-0.25, -0.2) is 0 Å². The van der Waals surface area contributed by atoms with Crippen LogP contribution in [0.4, 0.5) is 0 Å². The molecule has 5 rings (SSSR count). The zero-order chi connectivity index (χ0) is 25.5. The van der Waals surface area contributed by atoms with Gasteiger partial charge in [0.2, 0.25) is 0 Å². The predicted octanol–water partition coefficient (Wildman–Crippen LogP) is 5.44. The molecule has 36 heavy (non-hydrogen) atoms. The van der Waals surface area contributed by atoms with Crippen molar-refractivity contribution < 1.29 is 18.4 Å². The van der Waals surface area contributed by atoms with E-state index in [0.717, 1.165) is 10.4 Å². The van der Waals surface area contributed by atoms with Gasteiger partial charge in [0.1, 0.15) is 11.5 Å².